The molecule has 0 spiro atoms. The standard InChI is InChI=1S/C19H19N5O3/c25-19-17-3-1-2-4-18(17)20-13-23(19)14-21-9-11-22(12-10-21)15-5-7-16(8-6-15)24(26)27/h1-8,13H,9-12,14H2. The number of anilines is 1. The number of benzene rings is 2. The number of hydrogen-bond acceptors (Lipinski definition) is 6. The Morgan fingerprint density at radius 2 is 1.70 bits per heavy atom. The second kappa shape index (κ2) is 7.16. The zero-order valence-electron chi connectivity index (χ0n) is 14.7. The fourth-order valence-corrected chi connectivity index (χ4v) is 3.35. The maximum absolute atomic E-state index is 12.6. The minimum absolute atomic E-state index is 0.0293. The molecule has 0 atom stereocenters. The zero-order chi connectivity index (χ0) is 18.8. The van der Waals surface area contributed by atoms with Crippen molar-refractivity contribution >= 4 is 22.3 Å². The quantitative estimate of drug-likeness (QED) is 0.520. The van der Waals surface area contributed by atoms with E-state index in [0.29, 0.717) is 17.6 Å². The molecule has 0 bridgehead atoms. The minimum atomic E-state index is -0.392. The monoisotopic (exact) mass is 365 g/mol. The summed E-state index contributed by atoms with van der Waals surface area (Å²) >= 11 is 0. The van der Waals surface area contributed by atoms with E-state index < -0.39 is 4.92 Å². The Kier molecular flexibility index (Phi) is 4.55. The molecule has 0 radical (unpaired) electrons. The van der Waals surface area contributed by atoms with Crippen LogP contribution in [0.4, 0.5) is 11.4 Å². The van der Waals surface area contributed by atoms with E-state index in [-0.39, 0.29) is 11.2 Å². The predicted molar refractivity (Wildman–Crippen MR) is 103 cm³/mol. The summed E-state index contributed by atoms with van der Waals surface area (Å²) in [6.07, 6.45) is 1.60. The van der Waals surface area contributed by atoms with Crippen molar-refractivity contribution in [2.75, 3.05) is 31.1 Å². The molecule has 0 unspecified atom stereocenters. The Hall–Kier alpha value is -3.26. The van der Waals surface area contributed by atoms with Crippen LogP contribution in [0.3, 0.4) is 0 Å². The second-order valence-corrected chi connectivity index (χ2v) is 6.56. The van der Waals surface area contributed by atoms with E-state index in [1.165, 1.54) is 12.1 Å². The van der Waals surface area contributed by atoms with Gasteiger partial charge in [0.2, 0.25) is 0 Å². The smallest absolute Gasteiger partial charge is 0.269 e. The van der Waals surface area contributed by atoms with Gasteiger partial charge in [0.05, 0.1) is 28.8 Å². The summed E-state index contributed by atoms with van der Waals surface area (Å²) in [5, 5.41) is 11.4. The first-order chi connectivity index (χ1) is 13.1. The van der Waals surface area contributed by atoms with Crippen LogP contribution in [0.1, 0.15) is 0 Å². The number of aromatic nitrogens is 2. The third kappa shape index (κ3) is 3.52. The number of fused-ring (bicyclic) bond motifs is 1. The fourth-order valence-electron chi connectivity index (χ4n) is 3.35. The van der Waals surface area contributed by atoms with Crippen molar-refractivity contribution in [2.24, 2.45) is 0 Å². The lowest BCUT2D eigenvalue weighted by atomic mass is 10.2. The molecular formula is C19H19N5O3. The molecule has 0 amide bonds. The molecule has 8 nitrogen and oxygen atoms in total. The topological polar surface area (TPSA) is 84.5 Å². The zero-order valence-corrected chi connectivity index (χ0v) is 14.7. The van der Waals surface area contributed by atoms with Gasteiger partial charge in [-0.25, -0.2) is 4.98 Å². The summed E-state index contributed by atoms with van der Waals surface area (Å²) < 4.78 is 1.64. The first-order valence-corrected chi connectivity index (χ1v) is 8.78. The first kappa shape index (κ1) is 17.2. The highest BCUT2D eigenvalue weighted by atomic mass is 16.6. The Balaban J connectivity index is 1.42. The van der Waals surface area contributed by atoms with Crippen LogP contribution in [-0.4, -0.2) is 45.6 Å². The van der Waals surface area contributed by atoms with Crippen molar-refractivity contribution in [3.05, 3.63) is 75.3 Å². The second-order valence-electron chi connectivity index (χ2n) is 6.56. The van der Waals surface area contributed by atoms with E-state index >= 15 is 0 Å². The van der Waals surface area contributed by atoms with Gasteiger partial charge in [0.15, 0.2) is 0 Å². The molecule has 3 aromatic rings. The normalized spacial score (nSPS) is 15.2. The lowest BCUT2D eigenvalue weighted by Crippen LogP contribution is -2.47. The van der Waals surface area contributed by atoms with Gasteiger partial charge in [-0.05, 0) is 24.3 Å². The number of hydrogen-bond donors (Lipinski definition) is 0. The van der Waals surface area contributed by atoms with E-state index in [4.69, 9.17) is 0 Å². The minimum Gasteiger partial charge on any atom is -0.369 e. The Labute approximate surface area is 155 Å². The molecule has 4 rings (SSSR count). The van der Waals surface area contributed by atoms with E-state index in [1.807, 2.05) is 18.2 Å². The van der Waals surface area contributed by atoms with Crippen LogP contribution in [0.25, 0.3) is 10.9 Å². The number of para-hydroxylation sites is 1. The summed E-state index contributed by atoms with van der Waals surface area (Å²) in [5.74, 6) is 0. The van der Waals surface area contributed by atoms with E-state index in [2.05, 4.69) is 14.8 Å². The van der Waals surface area contributed by atoms with Gasteiger partial charge in [-0.15, -0.1) is 0 Å². The summed E-state index contributed by atoms with van der Waals surface area (Å²) in [6, 6.07) is 14.0. The molecule has 138 valence electrons. The van der Waals surface area contributed by atoms with Gasteiger partial charge >= 0.3 is 0 Å². The average molecular weight is 365 g/mol. The SMILES string of the molecule is O=c1c2ccccc2ncn1CN1CCN(c2ccc([N+](=O)[O-])cc2)CC1. The number of non-ortho nitro benzene ring substituents is 1. The molecule has 1 fully saturated rings. The van der Waals surface area contributed by atoms with Gasteiger partial charge in [0, 0.05) is 44.0 Å². The maximum atomic E-state index is 12.6. The number of nitrogens with zero attached hydrogens (tertiary/aromatic N) is 5. The molecule has 1 aliphatic rings. The van der Waals surface area contributed by atoms with Gasteiger partial charge in [-0.2, -0.15) is 0 Å². The van der Waals surface area contributed by atoms with E-state index in [9.17, 15) is 14.9 Å². The van der Waals surface area contributed by atoms with Gasteiger partial charge in [-0.1, -0.05) is 12.1 Å². The highest BCUT2D eigenvalue weighted by Gasteiger charge is 2.18. The molecule has 8 heteroatoms. The lowest BCUT2D eigenvalue weighted by Gasteiger charge is -2.36. The maximum Gasteiger partial charge on any atom is 0.269 e. The Morgan fingerprint density at radius 1 is 1.00 bits per heavy atom. The van der Waals surface area contributed by atoms with Crippen molar-refractivity contribution < 1.29 is 4.92 Å². The summed E-state index contributed by atoms with van der Waals surface area (Å²) in [7, 11) is 0. The van der Waals surface area contributed by atoms with Gasteiger partial charge in [-0.3, -0.25) is 24.4 Å². The summed E-state index contributed by atoms with van der Waals surface area (Å²) in [4.78, 5) is 31.7. The van der Waals surface area contributed by atoms with Gasteiger partial charge < -0.3 is 4.90 Å². The van der Waals surface area contributed by atoms with Crippen LogP contribution < -0.4 is 10.5 Å². The van der Waals surface area contributed by atoms with Crippen molar-refractivity contribution in [1.29, 1.82) is 0 Å². The fraction of sp³-hybridized carbons (Fsp3) is 0.263. The van der Waals surface area contributed by atoms with Gasteiger partial charge in [0.25, 0.3) is 11.2 Å². The molecule has 2 aromatic carbocycles. The molecule has 0 saturated carbocycles. The number of nitro benzene ring substituents is 1. The largest absolute Gasteiger partial charge is 0.369 e. The van der Waals surface area contributed by atoms with E-state index in [1.54, 1.807) is 29.1 Å². The van der Waals surface area contributed by atoms with Crippen LogP contribution in [0.5, 0.6) is 0 Å². The summed E-state index contributed by atoms with van der Waals surface area (Å²) in [6.45, 7) is 3.71. The molecule has 1 aromatic heterocycles. The highest BCUT2D eigenvalue weighted by Crippen LogP contribution is 2.20. The third-order valence-corrected chi connectivity index (χ3v) is 4.88. The number of piperazine rings is 1. The van der Waals surface area contributed by atoms with Crippen LogP contribution in [0.15, 0.2) is 59.7 Å². The van der Waals surface area contributed by atoms with Crippen molar-refractivity contribution in [1.82, 2.24) is 14.5 Å². The molecule has 0 N–H and O–H groups in total. The average Bonchev–Trinajstić information content (AvgIpc) is 2.71. The predicted octanol–water partition coefficient (Wildman–Crippen LogP) is 2.08. The Morgan fingerprint density at radius 3 is 2.41 bits per heavy atom. The van der Waals surface area contributed by atoms with Crippen LogP contribution in [-0.2, 0) is 6.67 Å². The Bertz CT molecular complexity index is 1020. The number of rotatable bonds is 4. The molecule has 27 heavy (non-hydrogen) atoms. The number of nitro groups is 1. The third-order valence-electron chi connectivity index (χ3n) is 4.88. The van der Waals surface area contributed by atoms with Crippen LogP contribution in [0, 0.1) is 10.1 Å². The molecule has 0 aliphatic carbocycles. The molecule has 1 saturated heterocycles. The molecule has 1 aliphatic heterocycles. The van der Waals surface area contributed by atoms with Crippen LogP contribution >= 0.6 is 0 Å². The van der Waals surface area contributed by atoms with E-state index in [0.717, 1.165) is 31.9 Å². The van der Waals surface area contributed by atoms with Crippen LogP contribution in [0.2, 0.25) is 0 Å². The first-order valence-electron chi connectivity index (χ1n) is 8.78. The van der Waals surface area contributed by atoms with Crippen molar-refractivity contribution in [3.8, 4) is 0 Å². The molecule has 2 heterocycles. The lowest BCUT2D eigenvalue weighted by molar-refractivity contribution is -0.384. The molecular weight excluding hydrogens is 346 g/mol. The van der Waals surface area contributed by atoms with Gasteiger partial charge in [0.1, 0.15) is 0 Å². The van der Waals surface area contributed by atoms with Crippen molar-refractivity contribution in [3.63, 3.8) is 0 Å². The summed E-state index contributed by atoms with van der Waals surface area (Å²) in [5.41, 5.74) is 1.76. The van der Waals surface area contributed by atoms with Crippen molar-refractivity contribution in [2.45, 2.75) is 6.67 Å². The highest BCUT2D eigenvalue weighted by molar-refractivity contribution is 5.76.